The third-order valence-corrected chi connectivity index (χ3v) is 11.5. The molecule has 0 saturated heterocycles. The first-order chi connectivity index (χ1) is 11.8. The van der Waals surface area contributed by atoms with E-state index in [0.717, 1.165) is 6.42 Å². The summed E-state index contributed by atoms with van der Waals surface area (Å²) in [5.41, 5.74) is 5.07. The summed E-state index contributed by atoms with van der Waals surface area (Å²) in [4.78, 5) is 0. The van der Waals surface area contributed by atoms with Crippen LogP contribution in [0.4, 0.5) is 0 Å². The van der Waals surface area contributed by atoms with Gasteiger partial charge in [-0.2, -0.15) is 0 Å². The second kappa shape index (κ2) is 13.8. The highest BCUT2D eigenvalue weighted by Gasteiger charge is 2.46. The molecule has 0 fully saturated rings. The van der Waals surface area contributed by atoms with Crippen molar-refractivity contribution in [2.45, 2.75) is 116 Å². The van der Waals surface area contributed by atoms with Crippen LogP contribution in [0.15, 0.2) is 17.9 Å². The molecule has 3 heteroatoms. The minimum absolute atomic E-state index is 0.162. The van der Waals surface area contributed by atoms with Crippen LogP contribution < -0.4 is 0 Å². The lowest BCUT2D eigenvalue weighted by atomic mass is 10.1. The summed E-state index contributed by atoms with van der Waals surface area (Å²) in [7, 11) is -1.87. The van der Waals surface area contributed by atoms with Gasteiger partial charge in [0.05, 0.1) is 6.10 Å². The predicted octanol–water partition coefficient (Wildman–Crippen LogP) is 7.00. The number of hydrogen-bond acceptors (Lipinski definition) is 2. The fourth-order valence-electron chi connectivity index (χ4n) is 4.12. The zero-order valence-electron chi connectivity index (χ0n) is 18.0. The molecule has 1 atom stereocenters. The molecule has 25 heavy (non-hydrogen) atoms. The van der Waals surface area contributed by atoms with Gasteiger partial charge in [-0.1, -0.05) is 80.6 Å². The second-order valence-electron chi connectivity index (χ2n) is 8.23. The Hall–Kier alpha value is -0.343. The van der Waals surface area contributed by atoms with Gasteiger partial charge in [-0.25, -0.2) is 0 Å². The Balaban J connectivity index is 5.17. The lowest BCUT2D eigenvalue weighted by Gasteiger charge is -2.44. The van der Waals surface area contributed by atoms with Crippen molar-refractivity contribution in [3.05, 3.63) is 17.9 Å². The largest absolute Gasteiger partial charge is 0.409 e. The van der Waals surface area contributed by atoms with Gasteiger partial charge in [-0.05, 0) is 41.6 Å². The number of aliphatic hydroxyl groups excluding tert-OH is 1. The number of hydrogen-bond donors (Lipinski definition) is 1. The summed E-state index contributed by atoms with van der Waals surface area (Å²) in [5, 5.41) is 8.95. The first-order valence-corrected chi connectivity index (χ1v) is 12.7. The van der Waals surface area contributed by atoms with Gasteiger partial charge in [0.15, 0.2) is 0 Å². The van der Waals surface area contributed by atoms with E-state index in [1.807, 2.05) is 6.08 Å². The summed E-state index contributed by atoms with van der Waals surface area (Å²) < 4.78 is 6.95. The van der Waals surface area contributed by atoms with Crippen molar-refractivity contribution < 1.29 is 9.53 Å². The number of aliphatic hydroxyl groups is 1. The van der Waals surface area contributed by atoms with E-state index in [9.17, 15) is 0 Å². The first-order valence-electron chi connectivity index (χ1n) is 10.5. The summed E-state index contributed by atoms with van der Waals surface area (Å²) >= 11 is 0. The van der Waals surface area contributed by atoms with Gasteiger partial charge in [0.2, 0.25) is 8.32 Å². The summed E-state index contributed by atoms with van der Waals surface area (Å²) in [6, 6.07) is 0. The van der Waals surface area contributed by atoms with E-state index in [2.05, 4.69) is 60.3 Å². The third-order valence-electron chi connectivity index (χ3n) is 5.33. The quantitative estimate of drug-likeness (QED) is 0.203. The molecule has 0 aliphatic carbocycles. The number of unbranched alkanes of at least 4 members (excludes halogenated alkanes) is 4. The monoisotopic (exact) mass is 368 g/mol. The van der Waals surface area contributed by atoms with Crippen LogP contribution in [0.1, 0.15) is 93.4 Å². The second-order valence-corrected chi connectivity index (χ2v) is 13.6. The fraction of sp³-hybridized carbons (Fsp3) is 0.864. The van der Waals surface area contributed by atoms with Crippen molar-refractivity contribution in [2.24, 2.45) is 0 Å². The molecule has 0 spiro atoms. The predicted molar refractivity (Wildman–Crippen MR) is 114 cm³/mol. The van der Waals surface area contributed by atoms with Crippen molar-refractivity contribution in [2.75, 3.05) is 6.61 Å². The van der Waals surface area contributed by atoms with Crippen molar-refractivity contribution in [3.63, 3.8) is 0 Å². The highest BCUT2D eigenvalue weighted by molar-refractivity contribution is 6.77. The van der Waals surface area contributed by atoms with Crippen LogP contribution in [0.3, 0.4) is 0 Å². The van der Waals surface area contributed by atoms with E-state index >= 15 is 0 Å². The Morgan fingerprint density at radius 3 is 1.96 bits per heavy atom. The van der Waals surface area contributed by atoms with Crippen molar-refractivity contribution >= 4 is 8.32 Å². The molecule has 148 valence electrons. The van der Waals surface area contributed by atoms with E-state index in [1.165, 1.54) is 32.1 Å². The average Bonchev–Trinajstić information content (AvgIpc) is 2.54. The fourth-order valence-corrected chi connectivity index (χ4v) is 9.65. The summed E-state index contributed by atoms with van der Waals surface area (Å²) in [6.45, 7) is 16.5. The number of rotatable bonds is 14. The molecular weight excluding hydrogens is 324 g/mol. The van der Waals surface area contributed by atoms with Crippen molar-refractivity contribution in [3.8, 4) is 0 Å². The Kier molecular flexibility index (Phi) is 13.6. The highest BCUT2D eigenvalue weighted by atomic mass is 28.4. The van der Waals surface area contributed by atoms with Crippen LogP contribution in [-0.4, -0.2) is 26.1 Å². The molecule has 0 aliphatic heterocycles. The van der Waals surface area contributed by atoms with Crippen LogP contribution >= 0.6 is 0 Å². The highest BCUT2D eigenvalue weighted by Crippen LogP contribution is 2.43. The maximum absolute atomic E-state index is 8.95. The Bertz CT molecular complexity index is 360. The Morgan fingerprint density at radius 1 is 0.920 bits per heavy atom. The van der Waals surface area contributed by atoms with E-state index in [0.29, 0.717) is 23.0 Å². The van der Waals surface area contributed by atoms with Gasteiger partial charge < -0.3 is 9.53 Å². The lowest BCUT2D eigenvalue weighted by Crippen LogP contribution is -2.49. The van der Waals surface area contributed by atoms with Crippen molar-refractivity contribution in [1.29, 1.82) is 0 Å². The van der Waals surface area contributed by atoms with Crippen molar-refractivity contribution in [1.82, 2.24) is 0 Å². The van der Waals surface area contributed by atoms with Gasteiger partial charge in [0.25, 0.3) is 0 Å². The zero-order valence-corrected chi connectivity index (χ0v) is 19.0. The van der Waals surface area contributed by atoms with Gasteiger partial charge in [-0.3, -0.25) is 0 Å². The van der Waals surface area contributed by atoms with Gasteiger partial charge in [-0.15, -0.1) is 5.73 Å². The maximum Gasteiger partial charge on any atom is 0.201 e. The van der Waals surface area contributed by atoms with E-state index in [1.54, 1.807) is 0 Å². The normalized spacial score (nSPS) is 13.4. The van der Waals surface area contributed by atoms with Gasteiger partial charge in [0.1, 0.15) is 0 Å². The van der Waals surface area contributed by atoms with Crippen LogP contribution in [0.5, 0.6) is 0 Å². The summed E-state index contributed by atoms with van der Waals surface area (Å²) in [5.74, 6) is 0. The molecule has 0 amide bonds. The SMILES string of the molecule is CCCCCCC[C@@H](C=C=CCCO)O[Si](C(C)C)(C(C)C)C(C)C. The smallest absolute Gasteiger partial charge is 0.201 e. The molecule has 2 nitrogen and oxygen atoms in total. The Morgan fingerprint density at radius 2 is 1.48 bits per heavy atom. The summed E-state index contributed by atoms with van der Waals surface area (Å²) in [6.07, 6.45) is 12.4. The molecule has 0 saturated carbocycles. The van der Waals surface area contributed by atoms with Crippen LogP contribution in [0.25, 0.3) is 0 Å². The molecule has 0 aliphatic rings. The van der Waals surface area contributed by atoms with E-state index in [4.69, 9.17) is 9.53 Å². The molecule has 0 rings (SSSR count). The molecule has 1 N–H and O–H groups in total. The first kappa shape index (κ1) is 24.7. The molecule has 0 heterocycles. The average molecular weight is 369 g/mol. The van der Waals surface area contributed by atoms with Gasteiger partial charge in [0, 0.05) is 6.61 Å². The molecule has 0 bridgehead atoms. The standard InChI is InChI=1S/C22H44O2Si/c1-8-9-10-11-13-16-22(17-14-12-15-18-23)24-25(19(2)3,20(4)5)21(6)7/h12,17,19-23H,8-11,13,15-16,18H2,1-7H3/t14?,22-/m0/s1. The minimum atomic E-state index is -1.87. The van der Waals surface area contributed by atoms with E-state index < -0.39 is 8.32 Å². The Labute approximate surface area is 158 Å². The molecule has 0 unspecified atom stereocenters. The zero-order chi connectivity index (χ0) is 19.3. The van der Waals surface area contributed by atoms with Crippen LogP contribution in [0.2, 0.25) is 16.6 Å². The van der Waals surface area contributed by atoms with E-state index in [-0.39, 0.29) is 12.7 Å². The van der Waals surface area contributed by atoms with Gasteiger partial charge >= 0.3 is 0 Å². The molecular formula is C22H44O2Si. The van der Waals surface area contributed by atoms with Crippen LogP contribution in [0, 0.1) is 0 Å². The maximum atomic E-state index is 8.95. The third kappa shape index (κ3) is 8.73. The molecule has 0 aromatic heterocycles. The minimum Gasteiger partial charge on any atom is -0.409 e. The molecule has 0 aromatic carbocycles. The molecule has 0 radical (unpaired) electrons. The molecule has 0 aromatic rings. The topological polar surface area (TPSA) is 29.5 Å². The lowest BCUT2D eigenvalue weighted by molar-refractivity contribution is 0.203. The van der Waals surface area contributed by atoms with Crippen LogP contribution in [-0.2, 0) is 4.43 Å².